The first-order valence-electron chi connectivity index (χ1n) is 7.75. The minimum Gasteiger partial charge on any atom is -0.424 e. The molecule has 1 amide bonds. The van der Waals surface area contributed by atoms with Crippen LogP contribution >= 0.6 is 0 Å². The van der Waals surface area contributed by atoms with Crippen LogP contribution in [0.1, 0.15) is 26.7 Å². The average Bonchev–Trinajstić information content (AvgIpc) is 2.55. The molecule has 3 N–H and O–H groups in total. The standard InChI is InChI=1S/C17H19N5O3/c1-3-6-16(24)25-14-8-5-4-7-12(14)21-22-13-9-10-15(18)20-17(13)19-11(2)23/h4-5,7-10H,3,6H2,1-2H3,(H3,18,19,20,23)/b22-21+. The number of hydrogen-bond acceptors (Lipinski definition) is 7. The molecule has 0 bridgehead atoms. The fourth-order valence-corrected chi connectivity index (χ4v) is 1.92. The van der Waals surface area contributed by atoms with Crippen LogP contribution in [0.4, 0.5) is 23.0 Å². The van der Waals surface area contributed by atoms with Gasteiger partial charge in [0.2, 0.25) is 5.91 Å². The van der Waals surface area contributed by atoms with Gasteiger partial charge in [0.05, 0.1) is 0 Å². The molecule has 0 unspecified atom stereocenters. The molecule has 8 nitrogen and oxygen atoms in total. The SMILES string of the molecule is CCCC(=O)Oc1ccccc1/N=N/c1ccc(N)nc1NC(C)=O. The molecule has 8 heteroatoms. The van der Waals surface area contributed by atoms with Crippen LogP contribution in [0.15, 0.2) is 46.6 Å². The van der Waals surface area contributed by atoms with Gasteiger partial charge in [-0.2, -0.15) is 0 Å². The lowest BCUT2D eigenvalue weighted by molar-refractivity contribution is -0.134. The van der Waals surface area contributed by atoms with E-state index in [4.69, 9.17) is 10.5 Å². The van der Waals surface area contributed by atoms with Gasteiger partial charge in [0.1, 0.15) is 17.2 Å². The highest BCUT2D eigenvalue weighted by Crippen LogP contribution is 2.31. The van der Waals surface area contributed by atoms with Crippen molar-refractivity contribution in [2.45, 2.75) is 26.7 Å². The van der Waals surface area contributed by atoms with E-state index in [0.29, 0.717) is 30.0 Å². The predicted octanol–water partition coefficient (Wildman–Crippen LogP) is 3.74. The summed E-state index contributed by atoms with van der Waals surface area (Å²) >= 11 is 0. The largest absolute Gasteiger partial charge is 0.424 e. The molecule has 0 spiro atoms. The Bertz CT molecular complexity index is 805. The smallest absolute Gasteiger partial charge is 0.311 e. The number of ether oxygens (including phenoxy) is 1. The highest BCUT2D eigenvalue weighted by molar-refractivity contribution is 5.90. The molecule has 0 saturated heterocycles. The summed E-state index contributed by atoms with van der Waals surface area (Å²) in [4.78, 5) is 27.0. The number of azo groups is 1. The molecule has 0 fully saturated rings. The Morgan fingerprint density at radius 3 is 2.60 bits per heavy atom. The van der Waals surface area contributed by atoms with Crippen molar-refractivity contribution in [2.75, 3.05) is 11.1 Å². The van der Waals surface area contributed by atoms with E-state index in [2.05, 4.69) is 20.5 Å². The summed E-state index contributed by atoms with van der Waals surface area (Å²) in [6, 6.07) is 9.93. The molecule has 130 valence electrons. The van der Waals surface area contributed by atoms with E-state index < -0.39 is 0 Å². The molecule has 2 rings (SSSR count). The number of pyridine rings is 1. The Morgan fingerprint density at radius 2 is 1.88 bits per heavy atom. The number of esters is 1. The number of carbonyl (C=O) groups excluding carboxylic acids is 2. The lowest BCUT2D eigenvalue weighted by Gasteiger charge is -2.07. The monoisotopic (exact) mass is 341 g/mol. The van der Waals surface area contributed by atoms with Crippen molar-refractivity contribution < 1.29 is 14.3 Å². The third kappa shape index (κ3) is 5.38. The zero-order chi connectivity index (χ0) is 18.2. The molecule has 0 atom stereocenters. The molecule has 1 aromatic heterocycles. The molecule has 0 saturated carbocycles. The second kappa shape index (κ2) is 8.53. The molecule has 0 aliphatic heterocycles. The van der Waals surface area contributed by atoms with Crippen LogP contribution in [0, 0.1) is 0 Å². The lowest BCUT2D eigenvalue weighted by atomic mass is 10.3. The predicted molar refractivity (Wildman–Crippen MR) is 94.1 cm³/mol. The highest BCUT2D eigenvalue weighted by Gasteiger charge is 2.09. The van der Waals surface area contributed by atoms with Crippen molar-refractivity contribution in [1.29, 1.82) is 0 Å². The summed E-state index contributed by atoms with van der Waals surface area (Å²) in [6.07, 6.45) is 1.01. The lowest BCUT2D eigenvalue weighted by Crippen LogP contribution is -2.08. The molecule has 0 radical (unpaired) electrons. The number of nitrogens with two attached hydrogens (primary N) is 1. The fourth-order valence-electron chi connectivity index (χ4n) is 1.92. The summed E-state index contributed by atoms with van der Waals surface area (Å²) < 4.78 is 5.29. The van der Waals surface area contributed by atoms with Gasteiger partial charge in [0, 0.05) is 13.3 Å². The van der Waals surface area contributed by atoms with Gasteiger partial charge >= 0.3 is 5.97 Å². The number of carbonyl (C=O) groups is 2. The van der Waals surface area contributed by atoms with Crippen LogP contribution < -0.4 is 15.8 Å². The van der Waals surface area contributed by atoms with E-state index in [1.54, 1.807) is 36.4 Å². The third-order valence-electron chi connectivity index (χ3n) is 3.00. The minimum atomic E-state index is -0.335. The summed E-state index contributed by atoms with van der Waals surface area (Å²) in [5.41, 5.74) is 6.34. The van der Waals surface area contributed by atoms with Crippen molar-refractivity contribution >= 4 is 34.9 Å². The first-order valence-corrected chi connectivity index (χ1v) is 7.75. The third-order valence-corrected chi connectivity index (χ3v) is 3.00. The fraction of sp³-hybridized carbons (Fsp3) is 0.235. The second-order valence-corrected chi connectivity index (χ2v) is 5.18. The summed E-state index contributed by atoms with van der Waals surface area (Å²) in [5.74, 6) is 0.129. The Balaban J connectivity index is 2.28. The number of nitrogens with zero attached hydrogens (tertiary/aromatic N) is 3. The number of hydrogen-bond donors (Lipinski definition) is 2. The molecule has 25 heavy (non-hydrogen) atoms. The van der Waals surface area contributed by atoms with Gasteiger partial charge in [-0.25, -0.2) is 4.98 Å². The van der Waals surface area contributed by atoms with Crippen molar-refractivity contribution in [1.82, 2.24) is 4.98 Å². The van der Waals surface area contributed by atoms with Crippen molar-refractivity contribution in [2.24, 2.45) is 10.2 Å². The summed E-state index contributed by atoms with van der Waals surface area (Å²) in [7, 11) is 0. The number of para-hydroxylation sites is 1. The number of nitrogens with one attached hydrogen (secondary N) is 1. The van der Waals surface area contributed by atoms with Gasteiger partial charge in [0.25, 0.3) is 0 Å². The van der Waals surface area contributed by atoms with Gasteiger partial charge in [-0.15, -0.1) is 10.2 Å². The minimum absolute atomic E-state index is 0.205. The molecular weight excluding hydrogens is 322 g/mol. The average molecular weight is 341 g/mol. The van der Waals surface area contributed by atoms with Crippen LogP contribution in [-0.2, 0) is 9.59 Å². The summed E-state index contributed by atoms with van der Waals surface area (Å²) in [6.45, 7) is 3.25. The number of amides is 1. The molecular formula is C17H19N5O3. The normalized spacial score (nSPS) is 10.6. The number of nitrogen functional groups attached to an aromatic ring is 1. The summed E-state index contributed by atoms with van der Waals surface area (Å²) in [5, 5.41) is 10.7. The van der Waals surface area contributed by atoms with Crippen LogP contribution in [0.2, 0.25) is 0 Å². The van der Waals surface area contributed by atoms with Gasteiger partial charge in [0.15, 0.2) is 11.6 Å². The van der Waals surface area contributed by atoms with E-state index in [-0.39, 0.29) is 23.5 Å². The quantitative estimate of drug-likeness (QED) is 0.471. The number of aromatic nitrogens is 1. The van der Waals surface area contributed by atoms with Crippen LogP contribution in [0.5, 0.6) is 5.75 Å². The number of anilines is 2. The van der Waals surface area contributed by atoms with Gasteiger partial charge in [-0.05, 0) is 30.7 Å². The van der Waals surface area contributed by atoms with Crippen LogP contribution in [0.25, 0.3) is 0 Å². The Morgan fingerprint density at radius 1 is 1.16 bits per heavy atom. The van der Waals surface area contributed by atoms with Gasteiger partial charge < -0.3 is 15.8 Å². The van der Waals surface area contributed by atoms with E-state index in [0.717, 1.165) is 0 Å². The maximum atomic E-state index is 11.7. The number of rotatable bonds is 6. The maximum absolute atomic E-state index is 11.7. The molecule has 2 aromatic rings. The maximum Gasteiger partial charge on any atom is 0.311 e. The second-order valence-electron chi connectivity index (χ2n) is 5.18. The van der Waals surface area contributed by atoms with Crippen molar-refractivity contribution in [3.8, 4) is 5.75 Å². The first kappa shape index (κ1) is 18.1. The first-order chi connectivity index (χ1) is 12.0. The van der Waals surface area contributed by atoms with Crippen LogP contribution in [0.3, 0.4) is 0 Å². The van der Waals surface area contributed by atoms with Gasteiger partial charge in [-0.1, -0.05) is 19.1 Å². The molecule has 0 aliphatic carbocycles. The number of benzene rings is 1. The van der Waals surface area contributed by atoms with E-state index in [1.165, 1.54) is 6.92 Å². The highest BCUT2D eigenvalue weighted by atomic mass is 16.5. The molecule has 1 aromatic carbocycles. The Hall–Kier alpha value is -3.29. The van der Waals surface area contributed by atoms with E-state index in [9.17, 15) is 9.59 Å². The zero-order valence-electron chi connectivity index (χ0n) is 14.0. The topological polar surface area (TPSA) is 119 Å². The zero-order valence-corrected chi connectivity index (χ0v) is 14.0. The molecule has 0 aliphatic rings. The Labute approximate surface area is 145 Å². The Kier molecular flexibility index (Phi) is 6.16. The van der Waals surface area contributed by atoms with E-state index in [1.807, 2.05) is 6.92 Å². The van der Waals surface area contributed by atoms with E-state index >= 15 is 0 Å². The van der Waals surface area contributed by atoms with Crippen molar-refractivity contribution in [3.63, 3.8) is 0 Å². The van der Waals surface area contributed by atoms with Crippen molar-refractivity contribution in [3.05, 3.63) is 36.4 Å². The van der Waals surface area contributed by atoms with Crippen LogP contribution in [-0.4, -0.2) is 16.9 Å². The van der Waals surface area contributed by atoms with Gasteiger partial charge in [-0.3, -0.25) is 9.59 Å². The molecule has 1 heterocycles.